The van der Waals surface area contributed by atoms with Gasteiger partial charge in [0.25, 0.3) is 17.7 Å². The van der Waals surface area contributed by atoms with Crippen LogP contribution in [0.3, 0.4) is 0 Å². The van der Waals surface area contributed by atoms with Crippen LogP contribution in [0.1, 0.15) is 89.8 Å². The molecule has 3 rings (SSSR count). The number of carbonyl (C=O) groups excluding carboxylic acids is 4. The minimum atomic E-state index is -0.952. The van der Waals surface area contributed by atoms with Gasteiger partial charge in [-0.25, -0.2) is 0 Å². The lowest BCUT2D eigenvalue weighted by Crippen LogP contribution is -2.50. The number of nitrogens with zero attached hydrogens (tertiary/aromatic N) is 3. The Bertz CT molecular complexity index is 1910. The lowest BCUT2D eigenvalue weighted by Gasteiger charge is -2.36. The van der Waals surface area contributed by atoms with Crippen LogP contribution in [0.5, 0.6) is 17.2 Å². The second-order valence-electron chi connectivity index (χ2n) is 14.3. The molecule has 4 amide bonds. The zero-order valence-electron chi connectivity index (χ0n) is 35.3. The van der Waals surface area contributed by atoms with Gasteiger partial charge in [0, 0.05) is 109 Å². The first-order valence-electron chi connectivity index (χ1n) is 20.1. The number of hydrogen-bond acceptors (Lipinski definition) is 13. The Kier molecular flexibility index (Phi) is 20.2. The smallest absolute Gasteiger partial charge is 0.271 e. The zero-order chi connectivity index (χ0) is 45.0. The Morgan fingerprint density at radius 1 is 0.574 bits per heavy atom. The Morgan fingerprint density at radius 2 is 0.885 bits per heavy atom. The van der Waals surface area contributed by atoms with Crippen molar-refractivity contribution < 1.29 is 48.7 Å². The number of aromatic hydroxyl groups is 3. The van der Waals surface area contributed by atoms with Crippen LogP contribution >= 0.6 is 0 Å². The van der Waals surface area contributed by atoms with Gasteiger partial charge in [-0.3, -0.25) is 33.6 Å². The lowest BCUT2D eigenvalue weighted by atomic mass is 9.83. The number of amides is 4. The SMILES string of the molecule is CCCC(=O)NC(CCCNC(=O)c1c(O)c(=O)ccn1CCOC)(CCCNC(=O)c1c(O)c(=O)ccn1CCOC)CCCNC(=O)c1c(O)c(=O)ccn1CCOC. The van der Waals surface area contributed by atoms with Gasteiger partial charge in [0.15, 0.2) is 34.3 Å². The molecule has 0 aliphatic rings. The monoisotopic (exact) mass is 857 g/mol. The summed E-state index contributed by atoms with van der Waals surface area (Å²) in [6, 6.07) is 3.43. The maximum atomic E-state index is 13.3. The molecule has 3 aromatic rings. The van der Waals surface area contributed by atoms with E-state index >= 15 is 0 Å². The average Bonchev–Trinajstić information content (AvgIpc) is 3.23. The van der Waals surface area contributed by atoms with E-state index in [1.807, 2.05) is 6.92 Å². The second kappa shape index (κ2) is 24.9. The predicted molar refractivity (Wildman–Crippen MR) is 223 cm³/mol. The maximum Gasteiger partial charge on any atom is 0.271 e. The Balaban J connectivity index is 1.84. The highest BCUT2D eigenvalue weighted by atomic mass is 16.5. The highest BCUT2D eigenvalue weighted by Crippen LogP contribution is 2.26. The second-order valence-corrected chi connectivity index (χ2v) is 14.3. The number of ether oxygens (including phenoxy) is 3. The number of hydrogen-bond donors (Lipinski definition) is 7. The molecule has 336 valence electrons. The quantitative estimate of drug-likeness (QED) is 0.0524. The number of carbonyl (C=O) groups is 4. The van der Waals surface area contributed by atoms with Crippen molar-refractivity contribution in [1.82, 2.24) is 35.0 Å². The van der Waals surface area contributed by atoms with Crippen molar-refractivity contribution in [3.63, 3.8) is 0 Å². The van der Waals surface area contributed by atoms with E-state index in [2.05, 4.69) is 21.3 Å². The van der Waals surface area contributed by atoms with Crippen LogP contribution in [0.25, 0.3) is 0 Å². The van der Waals surface area contributed by atoms with Gasteiger partial charge in [0.1, 0.15) is 0 Å². The van der Waals surface area contributed by atoms with E-state index in [9.17, 15) is 48.9 Å². The summed E-state index contributed by atoms with van der Waals surface area (Å²) in [6.07, 6.45) is 6.73. The van der Waals surface area contributed by atoms with Crippen molar-refractivity contribution in [2.75, 3.05) is 60.8 Å². The Morgan fingerprint density at radius 3 is 1.16 bits per heavy atom. The molecule has 3 heterocycles. The number of pyridine rings is 3. The van der Waals surface area contributed by atoms with Crippen molar-refractivity contribution in [2.24, 2.45) is 0 Å². The van der Waals surface area contributed by atoms with E-state index in [1.165, 1.54) is 53.6 Å². The van der Waals surface area contributed by atoms with E-state index in [-0.39, 0.29) is 88.5 Å². The summed E-state index contributed by atoms with van der Waals surface area (Å²) in [7, 11) is 4.43. The summed E-state index contributed by atoms with van der Waals surface area (Å²) >= 11 is 0. The van der Waals surface area contributed by atoms with Gasteiger partial charge >= 0.3 is 0 Å². The molecule has 20 nitrogen and oxygen atoms in total. The summed E-state index contributed by atoms with van der Waals surface area (Å²) < 4.78 is 19.5. The van der Waals surface area contributed by atoms with E-state index in [1.54, 1.807) is 0 Å². The number of aromatic nitrogens is 3. The fourth-order valence-electron chi connectivity index (χ4n) is 6.82. The number of nitrogens with one attached hydrogen (secondary N) is 4. The van der Waals surface area contributed by atoms with Crippen LogP contribution in [-0.2, 0) is 38.6 Å². The van der Waals surface area contributed by atoms with Crippen LogP contribution in [-0.4, -0.2) is 119 Å². The third-order valence-electron chi connectivity index (χ3n) is 9.94. The van der Waals surface area contributed by atoms with E-state index < -0.39 is 56.8 Å². The minimum Gasteiger partial charge on any atom is -0.503 e. The first-order chi connectivity index (χ1) is 29.2. The summed E-state index contributed by atoms with van der Waals surface area (Å²) in [5.41, 5.74) is -3.81. The normalized spacial score (nSPS) is 11.3. The molecule has 20 heteroatoms. The third kappa shape index (κ3) is 14.3. The lowest BCUT2D eigenvalue weighted by molar-refractivity contribution is -0.123. The van der Waals surface area contributed by atoms with E-state index in [4.69, 9.17) is 14.2 Å². The molecule has 0 spiro atoms. The molecule has 0 fully saturated rings. The first-order valence-corrected chi connectivity index (χ1v) is 20.1. The van der Waals surface area contributed by atoms with Gasteiger partial charge in [0.2, 0.25) is 22.2 Å². The molecule has 0 unspecified atom stereocenters. The van der Waals surface area contributed by atoms with Crippen LogP contribution in [0.4, 0.5) is 0 Å². The van der Waals surface area contributed by atoms with Crippen molar-refractivity contribution in [3.8, 4) is 17.2 Å². The van der Waals surface area contributed by atoms with Crippen LogP contribution < -0.4 is 37.6 Å². The van der Waals surface area contributed by atoms with E-state index in [0.29, 0.717) is 44.9 Å². The highest BCUT2D eigenvalue weighted by Gasteiger charge is 2.31. The molecule has 0 bridgehead atoms. The number of methoxy groups -OCH3 is 3. The van der Waals surface area contributed by atoms with Crippen molar-refractivity contribution >= 4 is 23.6 Å². The van der Waals surface area contributed by atoms with Crippen molar-refractivity contribution in [1.29, 1.82) is 0 Å². The van der Waals surface area contributed by atoms with Gasteiger partial charge in [-0.05, 0) is 44.9 Å². The molecule has 7 N–H and O–H groups in total. The molecule has 61 heavy (non-hydrogen) atoms. The van der Waals surface area contributed by atoms with Crippen LogP contribution in [0.15, 0.2) is 51.2 Å². The summed E-state index contributed by atoms with van der Waals surface area (Å²) in [6.45, 7) is 3.28. The van der Waals surface area contributed by atoms with Gasteiger partial charge in [0.05, 0.1) is 19.8 Å². The molecule has 0 aromatic carbocycles. The molecule has 0 radical (unpaired) electrons. The zero-order valence-corrected chi connectivity index (χ0v) is 35.3. The van der Waals surface area contributed by atoms with E-state index in [0.717, 1.165) is 18.2 Å². The fourth-order valence-corrected chi connectivity index (χ4v) is 6.82. The Hall–Kier alpha value is -5.99. The van der Waals surface area contributed by atoms with Crippen molar-refractivity contribution in [3.05, 3.63) is 84.5 Å². The van der Waals surface area contributed by atoms with Gasteiger partial charge in [-0.2, -0.15) is 0 Å². The molecule has 0 saturated carbocycles. The van der Waals surface area contributed by atoms with Crippen LogP contribution in [0, 0.1) is 0 Å². The highest BCUT2D eigenvalue weighted by molar-refractivity contribution is 5.96. The maximum absolute atomic E-state index is 13.3. The largest absolute Gasteiger partial charge is 0.503 e. The van der Waals surface area contributed by atoms with Crippen molar-refractivity contribution in [2.45, 2.75) is 83.5 Å². The minimum absolute atomic E-state index is 0.0725. The van der Waals surface area contributed by atoms with Gasteiger partial charge < -0.3 is 64.5 Å². The fraction of sp³-hybridized carbons (Fsp3) is 0.537. The van der Waals surface area contributed by atoms with Gasteiger partial charge in [-0.15, -0.1) is 0 Å². The van der Waals surface area contributed by atoms with Crippen LogP contribution in [0.2, 0.25) is 0 Å². The predicted octanol–water partition coefficient (Wildman–Crippen LogP) is 0.813. The molecule has 0 aliphatic heterocycles. The summed E-state index contributed by atoms with van der Waals surface area (Å²) in [4.78, 5) is 89.9. The summed E-state index contributed by atoms with van der Waals surface area (Å²) in [5, 5.41) is 42.9. The topological polar surface area (TPSA) is 271 Å². The molecule has 3 aromatic heterocycles. The average molecular weight is 858 g/mol. The molecule has 0 saturated heterocycles. The third-order valence-corrected chi connectivity index (χ3v) is 9.94. The number of rotatable bonds is 27. The molecular formula is C41H59N7O13. The molecule has 0 aliphatic carbocycles. The summed E-state index contributed by atoms with van der Waals surface area (Å²) in [5.74, 6) is -4.46. The standard InChI is InChI=1S/C41H59N7O13/c1-5-9-31(52)45-41(13-6-16-42-38(56)32-35(53)28(49)10-19-46(32)22-25-59-2,14-7-17-43-39(57)33-36(54)29(50)11-20-47(33)23-26-60-3)15-8-18-44-40(58)34-37(55)30(51)12-21-48(34)24-27-61-4/h10-12,19-21,53-55H,5-9,13-18,22-27H2,1-4H3,(H,42,56)(H,43,57)(H,44,58)(H,45,52). The first kappa shape index (κ1) is 49.4. The van der Waals surface area contributed by atoms with Gasteiger partial charge in [-0.1, -0.05) is 6.92 Å². The molecular weight excluding hydrogens is 798 g/mol. The molecule has 0 atom stereocenters. The Labute approximate surface area is 352 Å².